The number of alkyl halides is 2. The van der Waals surface area contributed by atoms with Gasteiger partial charge in [-0.25, -0.2) is 19.9 Å². The van der Waals surface area contributed by atoms with E-state index in [0.717, 1.165) is 31.0 Å². The molecule has 176 valence electrons. The third-order valence-corrected chi connectivity index (χ3v) is 6.31. The lowest BCUT2D eigenvalue weighted by molar-refractivity contribution is -0.0528. The van der Waals surface area contributed by atoms with Crippen LogP contribution in [-0.4, -0.2) is 51.9 Å². The second-order valence-electron chi connectivity index (χ2n) is 8.58. The van der Waals surface area contributed by atoms with Crippen LogP contribution in [0.3, 0.4) is 0 Å². The van der Waals surface area contributed by atoms with Crippen LogP contribution in [0.1, 0.15) is 43.8 Å². The smallest absolute Gasteiger partial charge is 0.388 e. The minimum absolute atomic E-state index is 0.142. The Balaban J connectivity index is 1.30. The van der Waals surface area contributed by atoms with E-state index in [2.05, 4.69) is 39.8 Å². The predicted octanol–water partition coefficient (Wildman–Crippen LogP) is 3.41. The lowest BCUT2D eigenvalue weighted by atomic mass is 10.1. The molecular formula is C22H23F2N9O. The molecule has 0 radical (unpaired) electrons. The Morgan fingerprint density at radius 2 is 2.03 bits per heavy atom. The monoisotopic (exact) mass is 467 g/mol. The maximum Gasteiger partial charge on any atom is 0.388 e. The molecule has 4 aromatic heterocycles. The summed E-state index contributed by atoms with van der Waals surface area (Å²) in [6.07, 6.45) is 7.15. The Hall–Kier alpha value is -3.70. The number of anilines is 1. The van der Waals surface area contributed by atoms with Crippen molar-refractivity contribution in [1.82, 2.24) is 39.3 Å². The van der Waals surface area contributed by atoms with Gasteiger partial charge in [-0.2, -0.15) is 8.78 Å². The van der Waals surface area contributed by atoms with Crippen molar-refractivity contribution < 1.29 is 13.5 Å². The number of imidazole rings is 1. The van der Waals surface area contributed by atoms with Gasteiger partial charge in [0.2, 0.25) is 5.88 Å². The number of nitrogens with one attached hydrogen (secondary N) is 1. The Bertz CT molecular complexity index is 1330. The highest BCUT2D eigenvalue weighted by Gasteiger charge is 2.33. The summed E-state index contributed by atoms with van der Waals surface area (Å²) in [5.74, 6) is 3.85. The number of aryl methyl sites for hydroxylation is 2. The fourth-order valence-electron chi connectivity index (χ4n) is 4.54. The predicted molar refractivity (Wildman–Crippen MR) is 119 cm³/mol. The fraction of sp³-hybridized carbons (Fsp3) is 0.455. The molecule has 1 fully saturated rings. The summed E-state index contributed by atoms with van der Waals surface area (Å²) in [6, 6.07) is 3.23. The van der Waals surface area contributed by atoms with Crippen LogP contribution in [0.25, 0.3) is 22.6 Å². The Labute approximate surface area is 193 Å². The molecule has 2 aliphatic rings. The summed E-state index contributed by atoms with van der Waals surface area (Å²) in [6.45, 7) is 0.485. The molecule has 0 amide bonds. The number of hydrogen-bond donors (Lipinski definition) is 1. The highest BCUT2D eigenvalue weighted by molar-refractivity contribution is 5.86. The molecule has 0 spiro atoms. The fourth-order valence-corrected chi connectivity index (χ4v) is 4.54. The Morgan fingerprint density at radius 3 is 2.76 bits per heavy atom. The van der Waals surface area contributed by atoms with Gasteiger partial charge >= 0.3 is 6.61 Å². The zero-order valence-electron chi connectivity index (χ0n) is 18.5. The lowest BCUT2D eigenvalue weighted by Crippen LogP contribution is -2.32. The molecule has 6 rings (SSSR count). The number of pyridine rings is 1. The first-order chi connectivity index (χ1) is 16.6. The molecule has 1 unspecified atom stereocenters. The van der Waals surface area contributed by atoms with Crippen molar-refractivity contribution in [3.8, 4) is 17.3 Å². The van der Waals surface area contributed by atoms with Gasteiger partial charge in [0.1, 0.15) is 23.8 Å². The topological polar surface area (TPSA) is 108 Å². The second kappa shape index (κ2) is 8.26. The van der Waals surface area contributed by atoms with Crippen LogP contribution >= 0.6 is 0 Å². The number of rotatable bonds is 7. The molecular weight excluding hydrogens is 444 g/mol. The van der Waals surface area contributed by atoms with E-state index in [-0.39, 0.29) is 11.9 Å². The van der Waals surface area contributed by atoms with Gasteiger partial charge in [0.05, 0.1) is 0 Å². The van der Waals surface area contributed by atoms with Gasteiger partial charge < -0.3 is 19.2 Å². The average Bonchev–Trinajstić information content (AvgIpc) is 3.47. The van der Waals surface area contributed by atoms with Gasteiger partial charge in [-0.3, -0.25) is 0 Å². The molecule has 0 saturated heterocycles. The third-order valence-electron chi connectivity index (χ3n) is 6.31. The minimum atomic E-state index is -2.92. The van der Waals surface area contributed by atoms with Gasteiger partial charge in [0.25, 0.3) is 0 Å². The van der Waals surface area contributed by atoms with E-state index in [0.29, 0.717) is 40.8 Å². The van der Waals surface area contributed by atoms with Crippen LogP contribution in [0.5, 0.6) is 5.88 Å². The summed E-state index contributed by atoms with van der Waals surface area (Å²) in [5, 5.41) is 12.4. The van der Waals surface area contributed by atoms with E-state index in [1.54, 1.807) is 6.07 Å². The molecule has 4 aromatic rings. The van der Waals surface area contributed by atoms with Gasteiger partial charge in [-0.1, -0.05) is 0 Å². The second-order valence-corrected chi connectivity index (χ2v) is 8.58. The molecule has 0 bridgehead atoms. The number of aromatic nitrogens is 8. The molecule has 1 aliphatic heterocycles. The Kier molecular flexibility index (Phi) is 5.07. The van der Waals surface area contributed by atoms with Crippen LogP contribution < -0.4 is 10.1 Å². The lowest BCUT2D eigenvalue weighted by Gasteiger charge is -2.25. The molecule has 1 N–H and O–H groups in total. The van der Waals surface area contributed by atoms with E-state index in [4.69, 9.17) is 4.98 Å². The van der Waals surface area contributed by atoms with Crippen molar-refractivity contribution in [2.45, 2.75) is 64.3 Å². The van der Waals surface area contributed by atoms with E-state index in [1.807, 2.05) is 11.5 Å². The molecule has 10 nitrogen and oxygen atoms in total. The number of fused-ring (bicyclic) bond motifs is 2. The van der Waals surface area contributed by atoms with Crippen LogP contribution in [0.2, 0.25) is 0 Å². The molecule has 34 heavy (non-hydrogen) atoms. The van der Waals surface area contributed by atoms with E-state index in [1.165, 1.54) is 31.4 Å². The van der Waals surface area contributed by atoms with Gasteiger partial charge in [0.15, 0.2) is 17.0 Å². The van der Waals surface area contributed by atoms with Crippen molar-refractivity contribution in [2.24, 2.45) is 0 Å². The quantitative estimate of drug-likeness (QED) is 0.441. The van der Waals surface area contributed by atoms with Crippen molar-refractivity contribution >= 4 is 17.0 Å². The highest BCUT2D eigenvalue weighted by atomic mass is 19.3. The SMILES string of the molecule is CCn1c(-c2ccc(OC(F)F)nc2)nc2c(NC3CCc4nnc(C5CC5)n4C3)ncnc21. The van der Waals surface area contributed by atoms with Gasteiger partial charge in [-0.05, 0) is 32.3 Å². The summed E-state index contributed by atoms with van der Waals surface area (Å²) >= 11 is 0. The van der Waals surface area contributed by atoms with Crippen LogP contribution in [0, 0.1) is 0 Å². The average molecular weight is 467 g/mol. The van der Waals surface area contributed by atoms with E-state index >= 15 is 0 Å². The third kappa shape index (κ3) is 3.72. The molecule has 1 saturated carbocycles. The molecule has 12 heteroatoms. The summed E-state index contributed by atoms with van der Waals surface area (Å²) in [5.41, 5.74) is 2.03. The van der Waals surface area contributed by atoms with Crippen molar-refractivity contribution in [2.75, 3.05) is 5.32 Å². The first kappa shape index (κ1) is 20.9. The van der Waals surface area contributed by atoms with Crippen LogP contribution in [0.4, 0.5) is 14.6 Å². The van der Waals surface area contributed by atoms with Crippen LogP contribution in [-0.2, 0) is 19.5 Å². The highest BCUT2D eigenvalue weighted by Crippen LogP contribution is 2.40. The summed E-state index contributed by atoms with van der Waals surface area (Å²) in [7, 11) is 0. The van der Waals surface area contributed by atoms with E-state index < -0.39 is 6.61 Å². The number of nitrogens with zero attached hydrogens (tertiary/aromatic N) is 8. The van der Waals surface area contributed by atoms with Crippen molar-refractivity contribution in [1.29, 1.82) is 0 Å². The largest absolute Gasteiger partial charge is 0.417 e. The zero-order chi connectivity index (χ0) is 23.2. The molecule has 1 atom stereocenters. The van der Waals surface area contributed by atoms with Gasteiger partial charge in [0, 0.05) is 49.3 Å². The Morgan fingerprint density at radius 1 is 1.15 bits per heavy atom. The number of ether oxygens (including phenoxy) is 1. The standard InChI is InChI=1S/C22H23F2N9O/c1-2-32-19(13-5-8-16(25-9-13)34-22(23)24)29-17-18(26-11-27-21(17)32)28-14-6-7-15-30-31-20(12-3-4-12)33(15)10-14/h5,8-9,11-12,14,22H,2-4,6-7,10H2,1H3,(H,26,27,28). The first-order valence-electron chi connectivity index (χ1n) is 11.4. The first-order valence-corrected chi connectivity index (χ1v) is 11.4. The minimum Gasteiger partial charge on any atom is -0.417 e. The number of hydrogen-bond acceptors (Lipinski definition) is 8. The van der Waals surface area contributed by atoms with Crippen molar-refractivity contribution in [3.63, 3.8) is 0 Å². The van der Waals surface area contributed by atoms with Crippen LogP contribution in [0.15, 0.2) is 24.7 Å². The number of halogens is 2. The van der Waals surface area contributed by atoms with E-state index in [9.17, 15) is 8.78 Å². The molecule has 5 heterocycles. The summed E-state index contributed by atoms with van der Waals surface area (Å²) < 4.78 is 33.5. The normalized spacial score (nSPS) is 17.8. The summed E-state index contributed by atoms with van der Waals surface area (Å²) in [4.78, 5) is 17.7. The van der Waals surface area contributed by atoms with Gasteiger partial charge in [-0.15, -0.1) is 10.2 Å². The molecule has 0 aromatic carbocycles. The zero-order valence-corrected chi connectivity index (χ0v) is 18.5. The van der Waals surface area contributed by atoms with Crippen molar-refractivity contribution in [3.05, 3.63) is 36.3 Å². The molecule has 1 aliphatic carbocycles. The maximum atomic E-state index is 12.5. The maximum absolute atomic E-state index is 12.5.